The van der Waals surface area contributed by atoms with Gasteiger partial charge in [-0.05, 0) is 12.5 Å². The van der Waals surface area contributed by atoms with Gasteiger partial charge in [-0.1, -0.05) is 0 Å². The van der Waals surface area contributed by atoms with Gasteiger partial charge < -0.3 is 10.1 Å². The summed E-state index contributed by atoms with van der Waals surface area (Å²) in [5.41, 5.74) is 1.78. The topological polar surface area (TPSA) is 106 Å². The van der Waals surface area contributed by atoms with E-state index >= 15 is 0 Å². The highest BCUT2D eigenvalue weighted by Gasteiger charge is 2.27. The number of nitrogens with one attached hydrogen (secondary N) is 1. The molecular formula is C14H19N5O4S. The SMILES string of the molecule is Cc1cnc2c(C(=O)NCC3CN(S(C)(=O)=O)CCO3)cnn2c1. The number of carbonyl (C=O) groups excluding carboxylic acids is 1. The Morgan fingerprint density at radius 2 is 2.25 bits per heavy atom. The van der Waals surface area contributed by atoms with E-state index in [2.05, 4.69) is 15.4 Å². The number of morpholine rings is 1. The second-order valence-corrected chi connectivity index (χ2v) is 7.76. The molecule has 0 saturated carbocycles. The fourth-order valence-corrected chi connectivity index (χ4v) is 3.39. The molecule has 1 atom stereocenters. The molecule has 1 N–H and O–H groups in total. The molecule has 0 spiro atoms. The molecule has 1 unspecified atom stereocenters. The van der Waals surface area contributed by atoms with E-state index < -0.39 is 10.0 Å². The fourth-order valence-electron chi connectivity index (χ4n) is 2.55. The summed E-state index contributed by atoms with van der Waals surface area (Å²) in [6.07, 6.45) is 5.70. The van der Waals surface area contributed by atoms with Crippen LogP contribution in [0.3, 0.4) is 0 Å². The smallest absolute Gasteiger partial charge is 0.256 e. The lowest BCUT2D eigenvalue weighted by molar-refractivity contribution is 0.000445. The maximum Gasteiger partial charge on any atom is 0.256 e. The fraction of sp³-hybridized carbons (Fsp3) is 0.500. The van der Waals surface area contributed by atoms with Crippen molar-refractivity contribution in [3.05, 3.63) is 29.7 Å². The normalized spacial score (nSPS) is 19.5. The molecule has 9 nitrogen and oxygen atoms in total. The van der Waals surface area contributed by atoms with Crippen LogP contribution < -0.4 is 5.32 Å². The standard InChI is InChI=1S/C14H19N5O4S/c1-10-5-15-13-12(7-17-19(13)8-10)14(20)16-6-11-9-18(3-4-23-11)24(2,21)22/h5,7-8,11H,3-4,6,9H2,1-2H3,(H,16,20). The van der Waals surface area contributed by atoms with Gasteiger partial charge in [0, 0.05) is 32.0 Å². The molecule has 1 aliphatic rings. The Balaban J connectivity index is 1.64. The van der Waals surface area contributed by atoms with Crippen LogP contribution in [0.15, 0.2) is 18.6 Å². The molecule has 0 bridgehead atoms. The van der Waals surface area contributed by atoms with Gasteiger partial charge in [-0.25, -0.2) is 17.9 Å². The van der Waals surface area contributed by atoms with E-state index in [9.17, 15) is 13.2 Å². The van der Waals surface area contributed by atoms with Gasteiger partial charge in [-0.15, -0.1) is 0 Å². The summed E-state index contributed by atoms with van der Waals surface area (Å²) < 4.78 is 31.6. The summed E-state index contributed by atoms with van der Waals surface area (Å²) >= 11 is 0. The van der Waals surface area contributed by atoms with E-state index in [-0.39, 0.29) is 25.1 Å². The summed E-state index contributed by atoms with van der Waals surface area (Å²) in [6.45, 7) is 2.98. The van der Waals surface area contributed by atoms with Crippen molar-refractivity contribution in [3.63, 3.8) is 0 Å². The Bertz CT molecular complexity index is 863. The second-order valence-electron chi connectivity index (χ2n) is 5.78. The Labute approximate surface area is 139 Å². The maximum absolute atomic E-state index is 12.3. The van der Waals surface area contributed by atoms with Crippen LogP contribution >= 0.6 is 0 Å². The Morgan fingerprint density at radius 3 is 3.00 bits per heavy atom. The highest BCUT2D eigenvalue weighted by Crippen LogP contribution is 2.10. The third-order valence-corrected chi connectivity index (χ3v) is 5.06. The molecule has 24 heavy (non-hydrogen) atoms. The summed E-state index contributed by atoms with van der Waals surface area (Å²) in [6, 6.07) is 0. The largest absolute Gasteiger partial charge is 0.374 e. The van der Waals surface area contributed by atoms with Crippen LogP contribution in [-0.2, 0) is 14.8 Å². The molecule has 0 radical (unpaired) electrons. The summed E-state index contributed by atoms with van der Waals surface area (Å²) in [4.78, 5) is 16.6. The van der Waals surface area contributed by atoms with Crippen LogP contribution in [0.4, 0.5) is 0 Å². The summed E-state index contributed by atoms with van der Waals surface area (Å²) in [5, 5.41) is 6.87. The number of rotatable bonds is 4. The molecule has 10 heteroatoms. The highest BCUT2D eigenvalue weighted by molar-refractivity contribution is 7.88. The number of ether oxygens (including phenoxy) is 1. The van der Waals surface area contributed by atoms with E-state index in [4.69, 9.17) is 4.74 Å². The number of carbonyl (C=O) groups is 1. The molecule has 130 valence electrons. The number of sulfonamides is 1. The van der Waals surface area contributed by atoms with Crippen molar-refractivity contribution in [2.45, 2.75) is 13.0 Å². The lowest BCUT2D eigenvalue weighted by Crippen LogP contribution is -2.49. The molecule has 1 saturated heterocycles. The molecule has 2 aromatic rings. The van der Waals surface area contributed by atoms with Crippen molar-refractivity contribution in [1.82, 2.24) is 24.2 Å². The number of hydrogen-bond acceptors (Lipinski definition) is 6. The molecule has 1 amide bonds. The number of amides is 1. The number of fused-ring (bicyclic) bond motifs is 1. The van der Waals surface area contributed by atoms with Crippen LogP contribution in [0.5, 0.6) is 0 Å². The lowest BCUT2D eigenvalue weighted by atomic mass is 10.2. The first-order valence-electron chi connectivity index (χ1n) is 7.49. The molecule has 3 rings (SSSR count). The molecule has 0 aromatic carbocycles. The number of nitrogens with zero attached hydrogens (tertiary/aromatic N) is 4. The monoisotopic (exact) mass is 353 g/mol. The van der Waals surface area contributed by atoms with Crippen LogP contribution in [0.25, 0.3) is 5.65 Å². The molecule has 1 fully saturated rings. The van der Waals surface area contributed by atoms with Crippen LogP contribution in [-0.4, -0.2) is 71.8 Å². The van der Waals surface area contributed by atoms with Crippen molar-refractivity contribution >= 4 is 21.6 Å². The Morgan fingerprint density at radius 1 is 1.46 bits per heavy atom. The first kappa shape index (κ1) is 16.8. The molecule has 1 aliphatic heterocycles. The zero-order valence-corrected chi connectivity index (χ0v) is 14.3. The van der Waals surface area contributed by atoms with Crippen molar-refractivity contribution in [2.24, 2.45) is 0 Å². The van der Waals surface area contributed by atoms with E-state index in [0.29, 0.717) is 24.4 Å². The van der Waals surface area contributed by atoms with Crippen LogP contribution in [0.2, 0.25) is 0 Å². The van der Waals surface area contributed by atoms with E-state index in [1.807, 2.05) is 6.92 Å². The minimum absolute atomic E-state index is 0.216. The zero-order chi connectivity index (χ0) is 17.3. The predicted molar refractivity (Wildman–Crippen MR) is 86.2 cm³/mol. The Hall–Kier alpha value is -2.04. The quantitative estimate of drug-likeness (QED) is 0.789. The van der Waals surface area contributed by atoms with Crippen LogP contribution in [0.1, 0.15) is 15.9 Å². The first-order valence-corrected chi connectivity index (χ1v) is 9.34. The number of aryl methyl sites for hydroxylation is 1. The highest BCUT2D eigenvalue weighted by atomic mass is 32.2. The summed E-state index contributed by atoms with van der Waals surface area (Å²) in [7, 11) is -3.26. The molecule has 2 aromatic heterocycles. The van der Waals surface area contributed by atoms with Crippen molar-refractivity contribution in [1.29, 1.82) is 0 Å². The van der Waals surface area contributed by atoms with Gasteiger partial charge >= 0.3 is 0 Å². The minimum Gasteiger partial charge on any atom is -0.374 e. The third kappa shape index (κ3) is 3.55. The van der Waals surface area contributed by atoms with E-state index in [1.165, 1.54) is 16.8 Å². The van der Waals surface area contributed by atoms with Gasteiger partial charge in [0.25, 0.3) is 5.91 Å². The van der Waals surface area contributed by atoms with Gasteiger partial charge in [0.05, 0.1) is 25.2 Å². The molecule has 3 heterocycles. The molecule has 0 aliphatic carbocycles. The van der Waals surface area contributed by atoms with Crippen molar-refractivity contribution in [3.8, 4) is 0 Å². The molecular weight excluding hydrogens is 334 g/mol. The Kier molecular flexibility index (Phi) is 4.52. The van der Waals surface area contributed by atoms with Crippen molar-refractivity contribution in [2.75, 3.05) is 32.5 Å². The van der Waals surface area contributed by atoms with Crippen LogP contribution in [0, 0.1) is 6.92 Å². The lowest BCUT2D eigenvalue weighted by Gasteiger charge is -2.31. The second kappa shape index (κ2) is 6.46. The van der Waals surface area contributed by atoms with E-state index in [1.54, 1.807) is 16.9 Å². The van der Waals surface area contributed by atoms with Gasteiger partial charge in [0.15, 0.2) is 5.65 Å². The predicted octanol–water partition coefficient (Wildman–Crippen LogP) is -0.572. The van der Waals surface area contributed by atoms with Gasteiger partial charge in [-0.3, -0.25) is 4.79 Å². The maximum atomic E-state index is 12.3. The van der Waals surface area contributed by atoms with E-state index in [0.717, 1.165) is 5.56 Å². The number of aromatic nitrogens is 3. The van der Waals surface area contributed by atoms with Gasteiger partial charge in [-0.2, -0.15) is 9.40 Å². The number of hydrogen-bond donors (Lipinski definition) is 1. The van der Waals surface area contributed by atoms with Crippen molar-refractivity contribution < 1.29 is 17.9 Å². The third-order valence-electron chi connectivity index (χ3n) is 3.79. The van der Waals surface area contributed by atoms with Gasteiger partial charge in [0.2, 0.25) is 10.0 Å². The first-order chi connectivity index (χ1) is 11.3. The average Bonchev–Trinajstić information content (AvgIpc) is 2.95. The van der Waals surface area contributed by atoms with Gasteiger partial charge in [0.1, 0.15) is 5.56 Å². The minimum atomic E-state index is -3.26. The summed E-state index contributed by atoms with van der Waals surface area (Å²) in [5.74, 6) is -0.318. The zero-order valence-electron chi connectivity index (χ0n) is 13.5. The average molecular weight is 353 g/mol.